The van der Waals surface area contributed by atoms with Gasteiger partial charge in [0, 0.05) is 19.1 Å². The lowest BCUT2D eigenvalue weighted by molar-refractivity contribution is -0.0287. The van der Waals surface area contributed by atoms with E-state index in [4.69, 9.17) is 10.5 Å². The van der Waals surface area contributed by atoms with Crippen LogP contribution in [0.2, 0.25) is 0 Å². The number of rotatable bonds is 5. The van der Waals surface area contributed by atoms with Crippen LogP contribution in [0.3, 0.4) is 0 Å². The summed E-state index contributed by atoms with van der Waals surface area (Å²) in [6.07, 6.45) is 1.88. The van der Waals surface area contributed by atoms with Crippen LogP contribution in [0.15, 0.2) is 0 Å². The molecular formula is C13H25NO. The molecule has 0 aromatic carbocycles. The first-order valence-corrected chi connectivity index (χ1v) is 5.70. The van der Waals surface area contributed by atoms with Crippen molar-refractivity contribution in [2.24, 2.45) is 11.1 Å². The average Bonchev–Trinajstić information content (AvgIpc) is 2.12. The van der Waals surface area contributed by atoms with Crippen LogP contribution in [-0.4, -0.2) is 18.8 Å². The largest absolute Gasteiger partial charge is 0.376 e. The van der Waals surface area contributed by atoms with Gasteiger partial charge in [-0.2, -0.15) is 0 Å². The number of hydrogen-bond donors (Lipinski definition) is 1. The third-order valence-electron chi connectivity index (χ3n) is 2.37. The fourth-order valence-electron chi connectivity index (χ4n) is 1.71. The van der Waals surface area contributed by atoms with Gasteiger partial charge < -0.3 is 10.5 Å². The summed E-state index contributed by atoms with van der Waals surface area (Å²) in [5.41, 5.74) is 6.23. The minimum atomic E-state index is 0.0748. The minimum Gasteiger partial charge on any atom is -0.376 e. The zero-order chi connectivity index (χ0) is 11.9. The second-order valence-corrected chi connectivity index (χ2v) is 4.87. The first kappa shape index (κ1) is 14.5. The molecule has 2 heteroatoms. The zero-order valence-electron chi connectivity index (χ0n) is 10.8. The van der Waals surface area contributed by atoms with Crippen molar-refractivity contribution in [2.75, 3.05) is 6.61 Å². The summed E-state index contributed by atoms with van der Waals surface area (Å²) in [4.78, 5) is 0. The molecule has 0 aliphatic heterocycles. The summed E-state index contributed by atoms with van der Waals surface area (Å²) in [6.45, 7) is 11.1. The van der Waals surface area contributed by atoms with E-state index in [9.17, 15) is 0 Å². The van der Waals surface area contributed by atoms with Crippen LogP contribution in [0.25, 0.3) is 0 Å². The van der Waals surface area contributed by atoms with Crippen molar-refractivity contribution < 1.29 is 4.74 Å². The Balaban J connectivity index is 4.26. The lowest BCUT2D eigenvalue weighted by Gasteiger charge is -2.34. The first-order valence-electron chi connectivity index (χ1n) is 5.70. The topological polar surface area (TPSA) is 35.2 Å². The van der Waals surface area contributed by atoms with Crippen LogP contribution >= 0.6 is 0 Å². The molecule has 0 bridgehead atoms. The van der Waals surface area contributed by atoms with Crippen molar-refractivity contribution in [3.63, 3.8) is 0 Å². The Hall–Kier alpha value is -0.520. The molecule has 0 heterocycles. The Kier molecular flexibility index (Phi) is 6.63. The number of nitrogens with two attached hydrogens (primary N) is 1. The predicted molar refractivity (Wildman–Crippen MR) is 65.5 cm³/mol. The smallest absolute Gasteiger partial charge is 0.0774 e. The van der Waals surface area contributed by atoms with Gasteiger partial charge in [0.1, 0.15) is 0 Å². The van der Waals surface area contributed by atoms with Crippen LogP contribution in [0.1, 0.15) is 47.5 Å². The summed E-state index contributed by atoms with van der Waals surface area (Å²) in [7, 11) is 0. The molecule has 0 aromatic heterocycles. The molecular weight excluding hydrogens is 186 g/mol. The van der Waals surface area contributed by atoms with Gasteiger partial charge in [0.25, 0.3) is 0 Å². The maximum atomic E-state index is 6.14. The third kappa shape index (κ3) is 5.81. The highest BCUT2D eigenvalue weighted by molar-refractivity contribution is 4.96. The molecule has 2 N–H and O–H groups in total. The molecule has 2 unspecified atom stereocenters. The predicted octanol–water partition coefficient (Wildman–Crippen LogP) is 2.57. The normalized spacial score (nSPS) is 15.3. The van der Waals surface area contributed by atoms with Gasteiger partial charge in [0.05, 0.1) is 6.10 Å². The molecule has 0 radical (unpaired) electrons. The van der Waals surface area contributed by atoms with E-state index in [1.807, 2.05) is 13.8 Å². The Labute approximate surface area is 94.6 Å². The monoisotopic (exact) mass is 211 g/mol. The fourth-order valence-corrected chi connectivity index (χ4v) is 1.71. The summed E-state index contributed by atoms with van der Waals surface area (Å²) in [5, 5.41) is 0. The molecule has 2 nitrogen and oxygen atoms in total. The Morgan fingerprint density at radius 1 is 1.33 bits per heavy atom. The minimum absolute atomic E-state index is 0.0748. The standard InChI is InChI=1S/C13H25NO/c1-6-8-9-10-11(14)12(15-7-2)13(3,4)5/h11-12H,7,9-10,14H2,1-5H3. The lowest BCUT2D eigenvalue weighted by Crippen LogP contribution is -2.45. The van der Waals surface area contributed by atoms with E-state index < -0.39 is 0 Å². The van der Waals surface area contributed by atoms with E-state index in [2.05, 4.69) is 32.6 Å². The van der Waals surface area contributed by atoms with Gasteiger partial charge in [-0.1, -0.05) is 20.8 Å². The maximum absolute atomic E-state index is 6.14. The van der Waals surface area contributed by atoms with E-state index >= 15 is 0 Å². The van der Waals surface area contributed by atoms with Crippen LogP contribution in [0.5, 0.6) is 0 Å². The molecule has 0 amide bonds. The molecule has 0 rings (SSSR count). The van der Waals surface area contributed by atoms with Crippen molar-refractivity contribution in [3.05, 3.63) is 0 Å². The molecule has 2 atom stereocenters. The number of hydrogen-bond acceptors (Lipinski definition) is 2. The summed E-state index contributed by atoms with van der Waals surface area (Å²) in [6, 6.07) is 0.0748. The van der Waals surface area contributed by atoms with Gasteiger partial charge >= 0.3 is 0 Å². The van der Waals surface area contributed by atoms with Crippen molar-refractivity contribution in [2.45, 2.75) is 59.6 Å². The van der Waals surface area contributed by atoms with Gasteiger partial charge in [-0.25, -0.2) is 0 Å². The third-order valence-corrected chi connectivity index (χ3v) is 2.37. The van der Waals surface area contributed by atoms with Gasteiger partial charge in [0.15, 0.2) is 0 Å². The quantitative estimate of drug-likeness (QED) is 0.709. The van der Waals surface area contributed by atoms with Crippen molar-refractivity contribution in [3.8, 4) is 11.8 Å². The van der Waals surface area contributed by atoms with Crippen LogP contribution in [0.4, 0.5) is 0 Å². The van der Waals surface area contributed by atoms with Gasteiger partial charge in [-0.3, -0.25) is 0 Å². The summed E-state index contributed by atoms with van der Waals surface area (Å²) >= 11 is 0. The summed E-state index contributed by atoms with van der Waals surface area (Å²) < 4.78 is 5.73. The highest BCUT2D eigenvalue weighted by Crippen LogP contribution is 2.25. The molecule has 0 aliphatic carbocycles. The Bertz CT molecular complexity index is 219. The maximum Gasteiger partial charge on any atom is 0.0774 e. The molecule has 0 spiro atoms. The van der Waals surface area contributed by atoms with E-state index in [1.54, 1.807) is 0 Å². The number of ether oxygens (including phenoxy) is 1. The van der Waals surface area contributed by atoms with Gasteiger partial charge in [-0.05, 0) is 25.7 Å². The van der Waals surface area contributed by atoms with Gasteiger partial charge in [-0.15, -0.1) is 11.8 Å². The van der Waals surface area contributed by atoms with Crippen molar-refractivity contribution in [1.82, 2.24) is 0 Å². The highest BCUT2D eigenvalue weighted by Gasteiger charge is 2.30. The fraction of sp³-hybridized carbons (Fsp3) is 0.846. The van der Waals surface area contributed by atoms with E-state index in [1.165, 1.54) is 0 Å². The average molecular weight is 211 g/mol. The first-order chi connectivity index (χ1) is 6.93. The van der Waals surface area contributed by atoms with Crippen LogP contribution in [0, 0.1) is 17.3 Å². The molecule has 0 saturated carbocycles. The van der Waals surface area contributed by atoms with Crippen LogP contribution < -0.4 is 5.73 Å². The molecule has 0 aliphatic rings. The Morgan fingerprint density at radius 2 is 1.93 bits per heavy atom. The molecule has 0 saturated heterocycles. The second kappa shape index (κ2) is 6.87. The van der Waals surface area contributed by atoms with Crippen LogP contribution in [-0.2, 0) is 4.74 Å². The summed E-state index contributed by atoms with van der Waals surface area (Å²) in [5.74, 6) is 5.93. The van der Waals surface area contributed by atoms with E-state index in [-0.39, 0.29) is 17.6 Å². The molecule has 88 valence electrons. The van der Waals surface area contributed by atoms with Gasteiger partial charge in [0.2, 0.25) is 0 Å². The molecule has 15 heavy (non-hydrogen) atoms. The van der Waals surface area contributed by atoms with Crippen molar-refractivity contribution >= 4 is 0 Å². The highest BCUT2D eigenvalue weighted by atomic mass is 16.5. The van der Waals surface area contributed by atoms with Crippen molar-refractivity contribution in [1.29, 1.82) is 0 Å². The van der Waals surface area contributed by atoms with E-state index in [0.29, 0.717) is 0 Å². The molecule has 0 aromatic rings. The molecule has 0 fully saturated rings. The zero-order valence-corrected chi connectivity index (χ0v) is 10.8. The second-order valence-electron chi connectivity index (χ2n) is 4.87. The van der Waals surface area contributed by atoms with E-state index in [0.717, 1.165) is 19.4 Å². The Morgan fingerprint density at radius 3 is 2.33 bits per heavy atom. The lowest BCUT2D eigenvalue weighted by atomic mass is 9.83. The SMILES string of the molecule is CC#CCCC(N)C(OCC)C(C)(C)C.